The summed E-state index contributed by atoms with van der Waals surface area (Å²) >= 11 is 0. The van der Waals surface area contributed by atoms with Crippen LogP contribution in [0.2, 0.25) is 0 Å². The Morgan fingerprint density at radius 3 is 2.39 bits per heavy atom. The minimum Gasteiger partial charge on any atom is -0.493 e. The van der Waals surface area contributed by atoms with Crippen molar-refractivity contribution in [2.24, 2.45) is 0 Å². The molecule has 1 heterocycles. The zero-order valence-corrected chi connectivity index (χ0v) is 19.2. The number of esters is 1. The van der Waals surface area contributed by atoms with Gasteiger partial charge in [0.05, 0.1) is 21.3 Å². The third kappa shape index (κ3) is 6.03. The van der Waals surface area contributed by atoms with Crippen LogP contribution in [0.5, 0.6) is 11.5 Å². The van der Waals surface area contributed by atoms with Gasteiger partial charge in [-0.1, -0.05) is 36.4 Å². The van der Waals surface area contributed by atoms with E-state index in [1.807, 2.05) is 24.3 Å². The van der Waals surface area contributed by atoms with E-state index in [1.165, 1.54) is 7.11 Å². The molecule has 176 valence electrons. The Morgan fingerprint density at radius 2 is 1.79 bits per heavy atom. The maximum atomic E-state index is 12.8. The summed E-state index contributed by atoms with van der Waals surface area (Å²) in [5.74, 6) is 0.370. The van der Waals surface area contributed by atoms with Crippen molar-refractivity contribution in [3.05, 3.63) is 59.7 Å². The van der Waals surface area contributed by atoms with E-state index in [0.717, 1.165) is 5.56 Å². The zero-order chi connectivity index (χ0) is 23.8. The van der Waals surface area contributed by atoms with Crippen LogP contribution in [-0.2, 0) is 25.5 Å². The highest BCUT2D eigenvalue weighted by atomic mass is 16.5. The van der Waals surface area contributed by atoms with Crippen LogP contribution in [0.4, 0.5) is 0 Å². The Balaban J connectivity index is 1.71. The Labute approximate surface area is 193 Å². The van der Waals surface area contributed by atoms with Gasteiger partial charge in [-0.05, 0) is 42.5 Å². The van der Waals surface area contributed by atoms with Crippen LogP contribution in [0.1, 0.15) is 42.9 Å². The molecule has 2 aromatic rings. The molecule has 0 bridgehead atoms. The second kappa shape index (κ2) is 10.8. The summed E-state index contributed by atoms with van der Waals surface area (Å²) in [4.78, 5) is 37.1. The number of hydrogen-bond donors (Lipinski definition) is 2. The lowest BCUT2D eigenvalue weighted by Gasteiger charge is -2.30. The molecule has 1 aliphatic rings. The molecule has 3 rings (SSSR count). The molecule has 2 N–H and O–H groups in total. The van der Waals surface area contributed by atoms with E-state index in [4.69, 9.17) is 14.2 Å². The van der Waals surface area contributed by atoms with E-state index in [0.29, 0.717) is 42.7 Å². The number of hydrogen-bond acceptors (Lipinski definition) is 6. The van der Waals surface area contributed by atoms with E-state index in [2.05, 4.69) is 10.6 Å². The number of benzene rings is 2. The highest BCUT2D eigenvalue weighted by Crippen LogP contribution is 2.33. The predicted octanol–water partition coefficient (Wildman–Crippen LogP) is 2.71. The lowest BCUT2D eigenvalue weighted by atomic mass is 9.84. The number of ether oxygens (including phenoxy) is 3. The molecule has 0 radical (unpaired) electrons. The van der Waals surface area contributed by atoms with Gasteiger partial charge in [0.15, 0.2) is 17.5 Å². The van der Waals surface area contributed by atoms with Crippen LogP contribution in [0.15, 0.2) is 48.5 Å². The van der Waals surface area contributed by atoms with Crippen molar-refractivity contribution in [1.29, 1.82) is 0 Å². The summed E-state index contributed by atoms with van der Waals surface area (Å²) in [6.07, 6.45) is 2.15. The summed E-state index contributed by atoms with van der Waals surface area (Å²) in [7, 11) is 4.44. The van der Waals surface area contributed by atoms with Crippen molar-refractivity contribution in [1.82, 2.24) is 10.6 Å². The number of rotatable bonds is 10. The maximum absolute atomic E-state index is 12.8. The van der Waals surface area contributed by atoms with Gasteiger partial charge in [-0.25, -0.2) is 4.79 Å². The Bertz CT molecular complexity index is 994. The molecule has 1 aliphatic heterocycles. The van der Waals surface area contributed by atoms with Crippen LogP contribution in [0.25, 0.3) is 0 Å². The molecule has 2 atom stereocenters. The number of amides is 2. The molecule has 0 spiro atoms. The standard InChI is InChI=1S/C25H30N2O6/c1-31-19-10-9-17(15-20(19)32-2)16-25(14-12-22(29)27-25)13-11-21(28)26-23(24(30)33-3)18-7-5-4-6-8-18/h4-10,15,23H,11-14,16H2,1-3H3,(H,26,28)(H,27,29)/t23-,25-/m0/s1. The lowest BCUT2D eigenvalue weighted by molar-refractivity contribution is -0.145. The largest absolute Gasteiger partial charge is 0.493 e. The molecule has 0 aliphatic carbocycles. The predicted molar refractivity (Wildman–Crippen MR) is 122 cm³/mol. The number of nitrogens with one attached hydrogen (secondary N) is 2. The second-order valence-electron chi connectivity index (χ2n) is 8.13. The van der Waals surface area contributed by atoms with Crippen molar-refractivity contribution < 1.29 is 28.6 Å². The second-order valence-corrected chi connectivity index (χ2v) is 8.13. The lowest BCUT2D eigenvalue weighted by Crippen LogP contribution is -2.45. The Kier molecular flexibility index (Phi) is 7.92. The smallest absolute Gasteiger partial charge is 0.333 e. The average Bonchev–Trinajstić information content (AvgIpc) is 3.21. The number of carbonyl (C=O) groups excluding carboxylic acids is 3. The Morgan fingerprint density at radius 1 is 1.06 bits per heavy atom. The van der Waals surface area contributed by atoms with Gasteiger partial charge in [0.2, 0.25) is 11.8 Å². The fraction of sp³-hybridized carbons (Fsp3) is 0.400. The SMILES string of the molecule is COC(=O)[C@@H](NC(=O)CC[C@@]1(Cc2ccc(OC)c(OC)c2)CCC(=O)N1)c1ccccc1. The van der Waals surface area contributed by atoms with Gasteiger partial charge in [-0.15, -0.1) is 0 Å². The maximum Gasteiger partial charge on any atom is 0.333 e. The summed E-state index contributed by atoms with van der Waals surface area (Å²) < 4.78 is 15.6. The zero-order valence-electron chi connectivity index (χ0n) is 19.2. The first kappa shape index (κ1) is 24.1. The molecule has 1 fully saturated rings. The van der Waals surface area contributed by atoms with E-state index >= 15 is 0 Å². The first-order valence-corrected chi connectivity index (χ1v) is 10.8. The third-order valence-electron chi connectivity index (χ3n) is 5.93. The molecule has 2 aromatic carbocycles. The molecule has 0 saturated carbocycles. The molecule has 1 saturated heterocycles. The van der Waals surface area contributed by atoms with Gasteiger partial charge < -0.3 is 24.8 Å². The molecule has 0 aromatic heterocycles. The van der Waals surface area contributed by atoms with Crippen molar-refractivity contribution in [2.75, 3.05) is 21.3 Å². The minimum absolute atomic E-state index is 0.0346. The highest BCUT2D eigenvalue weighted by molar-refractivity contribution is 5.85. The van der Waals surface area contributed by atoms with Gasteiger partial charge in [0.1, 0.15) is 0 Å². The fourth-order valence-corrected chi connectivity index (χ4v) is 4.19. The minimum atomic E-state index is -0.885. The highest BCUT2D eigenvalue weighted by Gasteiger charge is 2.38. The van der Waals surface area contributed by atoms with Gasteiger partial charge in [-0.3, -0.25) is 9.59 Å². The van der Waals surface area contributed by atoms with E-state index in [-0.39, 0.29) is 18.2 Å². The normalized spacial score (nSPS) is 18.2. The average molecular weight is 455 g/mol. The Hall–Kier alpha value is -3.55. The van der Waals surface area contributed by atoms with E-state index in [9.17, 15) is 14.4 Å². The van der Waals surface area contributed by atoms with Gasteiger partial charge in [0, 0.05) is 18.4 Å². The van der Waals surface area contributed by atoms with Gasteiger partial charge in [0.25, 0.3) is 0 Å². The summed E-state index contributed by atoms with van der Waals surface area (Å²) in [5, 5.41) is 5.84. The molecule has 33 heavy (non-hydrogen) atoms. The van der Waals surface area contributed by atoms with E-state index in [1.54, 1.807) is 38.5 Å². The molecule has 8 nitrogen and oxygen atoms in total. The molecular formula is C25H30N2O6. The van der Waals surface area contributed by atoms with Gasteiger partial charge in [-0.2, -0.15) is 0 Å². The van der Waals surface area contributed by atoms with Crippen LogP contribution < -0.4 is 20.1 Å². The number of carbonyl (C=O) groups is 3. The van der Waals surface area contributed by atoms with E-state index < -0.39 is 17.6 Å². The summed E-state index contributed by atoms with van der Waals surface area (Å²) in [6, 6.07) is 13.7. The molecule has 0 unspecified atom stereocenters. The van der Waals surface area contributed by atoms with Crippen molar-refractivity contribution in [3.8, 4) is 11.5 Å². The first-order valence-electron chi connectivity index (χ1n) is 10.8. The van der Waals surface area contributed by atoms with Crippen molar-refractivity contribution in [3.63, 3.8) is 0 Å². The molecule has 8 heteroatoms. The quantitative estimate of drug-likeness (QED) is 0.535. The number of methoxy groups -OCH3 is 3. The fourth-order valence-electron chi connectivity index (χ4n) is 4.19. The van der Waals surface area contributed by atoms with Crippen LogP contribution in [0.3, 0.4) is 0 Å². The van der Waals surface area contributed by atoms with Gasteiger partial charge >= 0.3 is 5.97 Å². The van der Waals surface area contributed by atoms with Crippen molar-refractivity contribution >= 4 is 17.8 Å². The summed E-state index contributed by atoms with van der Waals surface area (Å²) in [5.41, 5.74) is 1.06. The summed E-state index contributed by atoms with van der Waals surface area (Å²) in [6.45, 7) is 0. The molecular weight excluding hydrogens is 424 g/mol. The third-order valence-corrected chi connectivity index (χ3v) is 5.93. The van der Waals surface area contributed by atoms with Crippen molar-refractivity contribution in [2.45, 2.75) is 43.7 Å². The topological polar surface area (TPSA) is 103 Å². The first-order chi connectivity index (χ1) is 15.9. The van der Waals surface area contributed by atoms with Crippen LogP contribution in [-0.4, -0.2) is 44.7 Å². The van der Waals surface area contributed by atoms with Crippen LogP contribution in [0, 0.1) is 0 Å². The monoisotopic (exact) mass is 454 g/mol. The van der Waals surface area contributed by atoms with Crippen LogP contribution >= 0.6 is 0 Å². The molecule has 2 amide bonds.